The molecule has 0 bridgehead atoms. The van der Waals surface area contributed by atoms with Crippen molar-refractivity contribution in [2.75, 3.05) is 6.61 Å². The van der Waals surface area contributed by atoms with Gasteiger partial charge in [0.15, 0.2) is 0 Å². The quantitative estimate of drug-likeness (QED) is 0.571. The number of benzene rings is 1. The molecular formula is C12H11N3O3. The second-order valence-corrected chi connectivity index (χ2v) is 4.26. The van der Waals surface area contributed by atoms with Crippen LogP contribution in [-0.2, 0) is 0 Å². The highest BCUT2D eigenvalue weighted by Gasteiger charge is 2.26. The Kier molecular flexibility index (Phi) is 2.29. The maximum Gasteiger partial charge on any atom is 0.311 e. The van der Waals surface area contributed by atoms with Gasteiger partial charge in [-0.05, 0) is 13.0 Å². The molecule has 1 aromatic heterocycles. The number of aromatic nitrogens is 2. The molecule has 0 saturated heterocycles. The van der Waals surface area contributed by atoms with E-state index in [1.807, 2.05) is 17.6 Å². The van der Waals surface area contributed by atoms with Gasteiger partial charge in [0, 0.05) is 11.6 Å². The lowest BCUT2D eigenvalue weighted by molar-refractivity contribution is -0.385. The van der Waals surface area contributed by atoms with Gasteiger partial charge in [0.2, 0.25) is 5.75 Å². The van der Waals surface area contributed by atoms with E-state index in [2.05, 4.69) is 4.98 Å². The fraction of sp³-hybridized carbons (Fsp3) is 0.250. The Bertz CT molecular complexity index is 621. The minimum absolute atomic E-state index is 0.00523. The zero-order chi connectivity index (χ0) is 12.7. The van der Waals surface area contributed by atoms with Crippen LogP contribution in [0.15, 0.2) is 30.7 Å². The third kappa shape index (κ3) is 1.46. The molecule has 1 atom stereocenters. The van der Waals surface area contributed by atoms with Crippen molar-refractivity contribution in [3.63, 3.8) is 0 Å². The summed E-state index contributed by atoms with van der Waals surface area (Å²) in [7, 11) is 0. The summed E-state index contributed by atoms with van der Waals surface area (Å²) < 4.78 is 7.57. The molecule has 0 radical (unpaired) electrons. The van der Waals surface area contributed by atoms with E-state index in [0.29, 0.717) is 17.9 Å². The number of rotatable bonds is 1. The first-order valence-corrected chi connectivity index (χ1v) is 5.61. The first-order valence-electron chi connectivity index (χ1n) is 5.61. The van der Waals surface area contributed by atoms with E-state index in [1.54, 1.807) is 18.6 Å². The summed E-state index contributed by atoms with van der Waals surface area (Å²) in [4.78, 5) is 14.7. The summed E-state index contributed by atoms with van der Waals surface area (Å²) in [5, 5.41) is 11.0. The third-order valence-electron chi connectivity index (χ3n) is 3.08. The molecule has 18 heavy (non-hydrogen) atoms. The van der Waals surface area contributed by atoms with E-state index in [1.165, 1.54) is 6.07 Å². The molecule has 6 nitrogen and oxygen atoms in total. The largest absolute Gasteiger partial charge is 0.484 e. The zero-order valence-electron chi connectivity index (χ0n) is 9.74. The van der Waals surface area contributed by atoms with Crippen molar-refractivity contribution in [1.29, 1.82) is 0 Å². The summed E-state index contributed by atoms with van der Waals surface area (Å²) >= 11 is 0. The zero-order valence-corrected chi connectivity index (χ0v) is 9.74. The number of imidazole rings is 1. The van der Waals surface area contributed by atoms with Crippen LogP contribution in [0.25, 0.3) is 11.3 Å². The molecule has 6 heteroatoms. The van der Waals surface area contributed by atoms with E-state index < -0.39 is 4.92 Å². The van der Waals surface area contributed by atoms with E-state index in [4.69, 9.17) is 4.74 Å². The molecule has 92 valence electrons. The van der Waals surface area contributed by atoms with Crippen molar-refractivity contribution >= 4 is 5.69 Å². The average Bonchev–Trinajstić information content (AvgIpc) is 2.79. The van der Waals surface area contributed by atoms with E-state index in [0.717, 1.165) is 5.69 Å². The second-order valence-electron chi connectivity index (χ2n) is 4.26. The van der Waals surface area contributed by atoms with Gasteiger partial charge in [-0.3, -0.25) is 10.1 Å². The van der Waals surface area contributed by atoms with Crippen LogP contribution in [0.4, 0.5) is 5.69 Å². The molecule has 3 rings (SSSR count). The number of nitro benzene ring substituents is 1. The summed E-state index contributed by atoms with van der Waals surface area (Å²) in [5.74, 6) is 0.327. The molecule has 0 unspecified atom stereocenters. The van der Waals surface area contributed by atoms with Crippen molar-refractivity contribution in [3.8, 4) is 17.0 Å². The number of nitrogens with zero attached hydrogens (tertiary/aromatic N) is 3. The Morgan fingerprint density at radius 3 is 3.17 bits per heavy atom. The first kappa shape index (κ1) is 10.8. The molecule has 2 aromatic rings. The molecule has 1 aliphatic rings. The lowest BCUT2D eigenvalue weighted by Gasteiger charge is -2.11. The monoisotopic (exact) mass is 245 g/mol. The maximum atomic E-state index is 11.0. The molecule has 1 aromatic carbocycles. The van der Waals surface area contributed by atoms with Crippen LogP contribution < -0.4 is 4.74 Å². The lowest BCUT2D eigenvalue weighted by Crippen LogP contribution is -2.11. The minimum Gasteiger partial charge on any atom is -0.484 e. The Labute approximate surface area is 103 Å². The molecular weight excluding hydrogens is 234 g/mol. The molecule has 0 amide bonds. The van der Waals surface area contributed by atoms with Crippen LogP contribution >= 0.6 is 0 Å². The maximum absolute atomic E-state index is 11.0. The van der Waals surface area contributed by atoms with Crippen LogP contribution in [0.3, 0.4) is 0 Å². The molecule has 1 aliphatic heterocycles. The van der Waals surface area contributed by atoms with Crippen LogP contribution in [0, 0.1) is 10.1 Å². The van der Waals surface area contributed by atoms with Crippen LogP contribution in [-0.4, -0.2) is 21.1 Å². The number of para-hydroxylation sites is 1. The van der Waals surface area contributed by atoms with Gasteiger partial charge in [-0.25, -0.2) is 4.98 Å². The highest BCUT2D eigenvalue weighted by molar-refractivity contribution is 5.73. The number of ether oxygens (including phenoxy) is 1. The number of hydrogen-bond donors (Lipinski definition) is 0. The number of fused-ring (bicyclic) bond motifs is 3. The van der Waals surface area contributed by atoms with Gasteiger partial charge in [-0.2, -0.15) is 0 Å². The summed E-state index contributed by atoms with van der Waals surface area (Å²) in [5.41, 5.74) is 1.55. The molecule has 0 aliphatic carbocycles. The normalized spacial score (nSPS) is 17.3. The third-order valence-corrected chi connectivity index (χ3v) is 3.08. The lowest BCUT2D eigenvalue weighted by atomic mass is 10.1. The predicted molar refractivity (Wildman–Crippen MR) is 64.5 cm³/mol. The SMILES string of the molecule is C[C@@H]1COc2c(cccc2[N+](=O)[O-])-c2cncn21. The summed E-state index contributed by atoms with van der Waals surface area (Å²) in [6.45, 7) is 2.38. The molecule has 0 N–H and O–H groups in total. The second kappa shape index (κ2) is 3.83. The molecule has 0 fully saturated rings. The Morgan fingerprint density at radius 1 is 1.56 bits per heavy atom. The summed E-state index contributed by atoms with van der Waals surface area (Å²) in [6.07, 6.45) is 3.42. The standard InChI is InChI=1S/C12H11N3O3/c1-8-6-18-12-9(11-5-13-7-14(8)11)3-2-4-10(12)15(16)17/h2-5,7-8H,6H2,1H3/t8-/m1/s1. The minimum atomic E-state index is -0.421. The van der Waals surface area contributed by atoms with Crippen molar-refractivity contribution in [3.05, 3.63) is 40.8 Å². The van der Waals surface area contributed by atoms with Gasteiger partial charge in [-0.1, -0.05) is 6.07 Å². The predicted octanol–water partition coefficient (Wildman–Crippen LogP) is 2.41. The fourth-order valence-electron chi connectivity index (χ4n) is 2.17. The van der Waals surface area contributed by atoms with Crippen LogP contribution in [0.1, 0.15) is 13.0 Å². The van der Waals surface area contributed by atoms with Crippen molar-refractivity contribution < 1.29 is 9.66 Å². The average molecular weight is 245 g/mol. The highest BCUT2D eigenvalue weighted by atomic mass is 16.6. The first-order chi connectivity index (χ1) is 8.68. The Morgan fingerprint density at radius 2 is 2.39 bits per heavy atom. The number of nitro groups is 1. The van der Waals surface area contributed by atoms with Gasteiger partial charge in [0.1, 0.15) is 6.61 Å². The molecule has 0 saturated carbocycles. The van der Waals surface area contributed by atoms with Crippen LogP contribution in [0.2, 0.25) is 0 Å². The van der Waals surface area contributed by atoms with E-state index in [9.17, 15) is 10.1 Å². The smallest absolute Gasteiger partial charge is 0.311 e. The highest BCUT2D eigenvalue weighted by Crippen LogP contribution is 2.40. The van der Waals surface area contributed by atoms with Gasteiger partial charge in [0.25, 0.3) is 0 Å². The van der Waals surface area contributed by atoms with Gasteiger partial charge < -0.3 is 9.30 Å². The van der Waals surface area contributed by atoms with Gasteiger partial charge >= 0.3 is 5.69 Å². The molecule has 0 spiro atoms. The van der Waals surface area contributed by atoms with Gasteiger partial charge in [0.05, 0.1) is 29.2 Å². The van der Waals surface area contributed by atoms with E-state index >= 15 is 0 Å². The molecule has 2 heterocycles. The number of hydrogen-bond acceptors (Lipinski definition) is 4. The van der Waals surface area contributed by atoms with E-state index in [-0.39, 0.29) is 11.7 Å². The topological polar surface area (TPSA) is 70.2 Å². The van der Waals surface area contributed by atoms with Crippen molar-refractivity contribution in [2.45, 2.75) is 13.0 Å². The Hall–Kier alpha value is -2.37. The van der Waals surface area contributed by atoms with Crippen molar-refractivity contribution in [2.24, 2.45) is 0 Å². The van der Waals surface area contributed by atoms with Crippen molar-refractivity contribution in [1.82, 2.24) is 9.55 Å². The van der Waals surface area contributed by atoms with Crippen LogP contribution in [0.5, 0.6) is 5.75 Å². The Balaban J connectivity index is 2.27. The fourth-order valence-corrected chi connectivity index (χ4v) is 2.17. The summed E-state index contributed by atoms with van der Waals surface area (Å²) in [6, 6.07) is 5.02. The van der Waals surface area contributed by atoms with Gasteiger partial charge in [-0.15, -0.1) is 0 Å².